The summed E-state index contributed by atoms with van der Waals surface area (Å²) in [5, 5.41) is 0.484. The minimum atomic E-state index is -0.0679. The Balaban J connectivity index is 3.01. The lowest BCUT2D eigenvalue weighted by Gasteiger charge is -2.14. The standard InChI is InChI=1S/C10H13ClN2O/c1-3-13(2)10(14)7-4-8(11)6-9(12)5-7/h4-6H,3,12H2,1-2H3. The number of carbonyl (C=O) groups excluding carboxylic acids is 1. The molecular formula is C10H13ClN2O. The lowest BCUT2D eigenvalue weighted by atomic mass is 10.2. The molecule has 0 saturated heterocycles. The van der Waals surface area contributed by atoms with E-state index in [1.165, 1.54) is 0 Å². The smallest absolute Gasteiger partial charge is 0.253 e. The van der Waals surface area contributed by atoms with Crippen LogP contribution in [0.15, 0.2) is 18.2 Å². The van der Waals surface area contributed by atoms with E-state index < -0.39 is 0 Å². The summed E-state index contributed by atoms with van der Waals surface area (Å²) < 4.78 is 0. The van der Waals surface area contributed by atoms with Gasteiger partial charge < -0.3 is 10.6 Å². The normalized spacial score (nSPS) is 9.93. The predicted molar refractivity (Wildman–Crippen MR) is 58.5 cm³/mol. The average molecular weight is 213 g/mol. The van der Waals surface area contributed by atoms with Crippen LogP contribution in [0.25, 0.3) is 0 Å². The maximum Gasteiger partial charge on any atom is 0.253 e. The molecule has 1 aromatic carbocycles. The first-order valence-corrected chi connectivity index (χ1v) is 4.74. The summed E-state index contributed by atoms with van der Waals surface area (Å²) in [6.45, 7) is 2.57. The van der Waals surface area contributed by atoms with Crippen LogP contribution in [-0.2, 0) is 0 Å². The van der Waals surface area contributed by atoms with Crippen molar-refractivity contribution in [2.45, 2.75) is 6.92 Å². The van der Waals surface area contributed by atoms with Crippen LogP contribution in [0.2, 0.25) is 5.02 Å². The zero-order valence-electron chi connectivity index (χ0n) is 8.25. The van der Waals surface area contributed by atoms with E-state index in [0.29, 0.717) is 22.8 Å². The van der Waals surface area contributed by atoms with Crippen molar-refractivity contribution in [2.75, 3.05) is 19.3 Å². The molecule has 0 spiro atoms. The van der Waals surface area contributed by atoms with Crippen molar-refractivity contribution in [1.82, 2.24) is 4.90 Å². The molecule has 76 valence electrons. The zero-order valence-corrected chi connectivity index (χ0v) is 9.01. The summed E-state index contributed by atoms with van der Waals surface area (Å²) >= 11 is 5.79. The molecule has 0 bridgehead atoms. The summed E-state index contributed by atoms with van der Waals surface area (Å²) in [4.78, 5) is 13.3. The maximum absolute atomic E-state index is 11.7. The molecule has 0 aliphatic rings. The highest BCUT2D eigenvalue weighted by Crippen LogP contribution is 2.17. The Bertz CT molecular complexity index is 332. The van der Waals surface area contributed by atoms with Crippen LogP contribution in [-0.4, -0.2) is 24.4 Å². The third-order valence-corrected chi connectivity index (χ3v) is 2.21. The number of amides is 1. The third-order valence-electron chi connectivity index (χ3n) is 1.99. The molecular weight excluding hydrogens is 200 g/mol. The van der Waals surface area contributed by atoms with Gasteiger partial charge in [0.25, 0.3) is 5.91 Å². The number of nitrogen functional groups attached to an aromatic ring is 1. The number of nitrogens with zero attached hydrogens (tertiary/aromatic N) is 1. The Morgan fingerprint density at radius 1 is 1.50 bits per heavy atom. The highest BCUT2D eigenvalue weighted by Gasteiger charge is 2.10. The van der Waals surface area contributed by atoms with Crippen LogP contribution in [0.3, 0.4) is 0 Å². The SMILES string of the molecule is CCN(C)C(=O)c1cc(N)cc(Cl)c1. The Kier molecular flexibility index (Phi) is 3.36. The van der Waals surface area contributed by atoms with Gasteiger partial charge in [0.15, 0.2) is 0 Å². The molecule has 0 heterocycles. The molecule has 3 nitrogen and oxygen atoms in total. The van der Waals surface area contributed by atoms with E-state index in [-0.39, 0.29) is 5.91 Å². The number of anilines is 1. The largest absolute Gasteiger partial charge is 0.399 e. The summed E-state index contributed by atoms with van der Waals surface area (Å²) in [7, 11) is 1.74. The van der Waals surface area contributed by atoms with Crippen molar-refractivity contribution >= 4 is 23.2 Å². The van der Waals surface area contributed by atoms with Crippen LogP contribution in [0.1, 0.15) is 17.3 Å². The lowest BCUT2D eigenvalue weighted by molar-refractivity contribution is 0.0802. The first-order valence-electron chi connectivity index (χ1n) is 4.36. The van der Waals surface area contributed by atoms with Gasteiger partial charge >= 0.3 is 0 Å². The Hall–Kier alpha value is -1.22. The average Bonchev–Trinajstić information content (AvgIpc) is 2.14. The number of hydrogen-bond acceptors (Lipinski definition) is 2. The quantitative estimate of drug-likeness (QED) is 0.763. The molecule has 4 heteroatoms. The molecule has 1 aromatic rings. The van der Waals surface area contributed by atoms with E-state index in [1.807, 2.05) is 6.92 Å². The van der Waals surface area contributed by atoms with Gasteiger partial charge in [-0.3, -0.25) is 4.79 Å². The van der Waals surface area contributed by atoms with Gasteiger partial charge in [-0.15, -0.1) is 0 Å². The van der Waals surface area contributed by atoms with E-state index in [1.54, 1.807) is 30.1 Å². The number of carbonyl (C=O) groups is 1. The molecule has 0 aliphatic carbocycles. The summed E-state index contributed by atoms with van der Waals surface area (Å²) in [6, 6.07) is 4.86. The first kappa shape index (κ1) is 10.9. The van der Waals surface area contributed by atoms with E-state index >= 15 is 0 Å². The Labute approximate surface area is 88.5 Å². The second kappa shape index (κ2) is 4.33. The second-order valence-corrected chi connectivity index (χ2v) is 3.53. The van der Waals surface area contributed by atoms with Gasteiger partial charge in [-0.25, -0.2) is 0 Å². The van der Waals surface area contributed by atoms with Crippen molar-refractivity contribution in [3.8, 4) is 0 Å². The number of halogens is 1. The van der Waals surface area contributed by atoms with E-state index in [2.05, 4.69) is 0 Å². The van der Waals surface area contributed by atoms with Crippen LogP contribution in [0, 0.1) is 0 Å². The Morgan fingerprint density at radius 3 is 2.64 bits per heavy atom. The van der Waals surface area contributed by atoms with Crippen molar-refractivity contribution < 1.29 is 4.79 Å². The fraction of sp³-hybridized carbons (Fsp3) is 0.300. The molecule has 0 atom stereocenters. The molecule has 0 radical (unpaired) electrons. The van der Waals surface area contributed by atoms with Gasteiger partial charge in [-0.1, -0.05) is 11.6 Å². The molecule has 1 rings (SSSR count). The van der Waals surface area contributed by atoms with Gasteiger partial charge in [-0.2, -0.15) is 0 Å². The molecule has 0 aliphatic heterocycles. The second-order valence-electron chi connectivity index (χ2n) is 3.09. The molecule has 0 saturated carbocycles. The van der Waals surface area contributed by atoms with Crippen molar-refractivity contribution in [2.24, 2.45) is 0 Å². The van der Waals surface area contributed by atoms with Gasteiger partial charge in [0.1, 0.15) is 0 Å². The van der Waals surface area contributed by atoms with Gasteiger partial charge in [0.2, 0.25) is 0 Å². The van der Waals surface area contributed by atoms with Crippen LogP contribution in [0.5, 0.6) is 0 Å². The van der Waals surface area contributed by atoms with Gasteiger partial charge in [0, 0.05) is 29.9 Å². The number of nitrogens with two attached hydrogens (primary N) is 1. The maximum atomic E-state index is 11.7. The van der Waals surface area contributed by atoms with Crippen molar-refractivity contribution in [1.29, 1.82) is 0 Å². The predicted octanol–water partition coefficient (Wildman–Crippen LogP) is 2.01. The summed E-state index contributed by atoms with van der Waals surface area (Å²) in [5.41, 5.74) is 6.62. The number of rotatable bonds is 2. The molecule has 0 unspecified atom stereocenters. The van der Waals surface area contributed by atoms with Gasteiger partial charge in [-0.05, 0) is 25.1 Å². The highest BCUT2D eigenvalue weighted by atomic mass is 35.5. The number of benzene rings is 1. The first-order chi connectivity index (χ1) is 6.54. The zero-order chi connectivity index (χ0) is 10.7. The fourth-order valence-corrected chi connectivity index (χ4v) is 1.34. The third kappa shape index (κ3) is 2.39. The van der Waals surface area contributed by atoms with Gasteiger partial charge in [0.05, 0.1) is 0 Å². The van der Waals surface area contributed by atoms with E-state index in [0.717, 1.165) is 0 Å². The Morgan fingerprint density at radius 2 is 2.14 bits per heavy atom. The molecule has 1 amide bonds. The van der Waals surface area contributed by atoms with Crippen LogP contribution < -0.4 is 5.73 Å². The molecule has 0 fully saturated rings. The number of hydrogen-bond donors (Lipinski definition) is 1. The summed E-state index contributed by atoms with van der Waals surface area (Å²) in [5.74, 6) is -0.0679. The van der Waals surface area contributed by atoms with Crippen molar-refractivity contribution in [3.63, 3.8) is 0 Å². The monoisotopic (exact) mass is 212 g/mol. The van der Waals surface area contributed by atoms with Crippen molar-refractivity contribution in [3.05, 3.63) is 28.8 Å². The lowest BCUT2D eigenvalue weighted by Crippen LogP contribution is -2.26. The minimum Gasteiger partial charge on any atom is -0.399 e. The summed E-state index contributed by atoms with van der Waals surface area (Å²) in [6.07, 6.45) is 0. The van der Waals surface area contributed by atoms with Crippen LogP contribution >= 0.6 is 11.6 Å². The molecule has 14 heavy (non-hydrogen) atoms. The van der Waals surface area contributed by atoms with Crippen LogP contribution in [0.4, 0.5) is 5.69 Å². The highest BCUT2D eigenvalue weighted by molar-refractivity contribution is 6.31. The van der Waals surface area contributed by atoms with E-state index in [4.69, 9.17) is 17.3 Å². The molecule has 0 aromatic heterocycles. The molecule has 2 N–H and O–H groups in total. The topological polar surface area (TPSA) is 46.3 Å². The van der Waals surface area contributed by atoms with E-state index in [9.17, 15) is 4.79 Å². The minimum absolute atomic E-state index is 0.0679. The fourth-order valence-electron chi connectivity index (χ4n) is 1.10.